The molecule has 0 radical (unpaired) electrons. The minimum absolute atomic E-state index is 0.131. The van der Waals surface area contributed by atoms with E-state index in [0.717, 1.165) is 49.5 Å². The van der Waals surface area contributed by atoms with Crippen LogP contribution in [0.2, 0.25) is 0 Å². The topological polar surface area (TPSA) is 64.4 Å². The Morgan fingerprint density at radius 1 is 1.14 bits per heavy atom. The SMILES string of the molecule is [C-]#[N+]c1ccc(N2C(=O)C(C)(C)N(c3ccc(CCCC(=O)N4CCN(C)CC4)nc3)C2=S)cc1C. The monoisotopic (exact) mass is 504 g/mol. The molecule has 1 aromatic carbocycles. The molecule has 2 aliphatic rings. The normalized spacial score (nSPS) is 18.0. The minimum Gasteiger partial charge on any atom is -0.340 e. The van der Waals surface area contributed by atoms with Gasteiger partial charge in [0.15, 0.2) is 10.8 Å². The Labute approximate surface area is 218 Å². The van der Waals surface area contributed by atoms with Crippen molar-refractivity contribution in [1.29, 1.82) is 0 Å². The molecule has 2 saturated heterocycles. The minimum atomic E-state index is -0.887. The van der Waals surface area contributed by atoms with Gasteiger partial charge >= 0.3 is 0 Å². The van der Waals surface area contributed by atoms with Crippen LogP contribution in [0.25, 0.3) is 4.85 Å². The molecule has 8 nitrogen and oxygen atoms in total. The molecule has 36 heavy (non-hydrogen) atoms. The van der Waals surface area contributed by atoms with Crippen LogP contribution in [-0.2, 0) is 16.0 Å². The molecule has 0 bridgehead atoms. The maximum absolute atomic E-state index is 13.4. The van der Waals surface area contributed by atoms with Gasteiger partial charge in [-0.15, -0.1) is 0 Å². The van der Waals surface area contributed by atoms with Crippen molar-refractivity contribution in [2.24, 2.45) is 0 Å². The summed E-state index contributed by atoms with van der Waals surface area (Å²) in [5.41, 5.74) is 2.76. The number of piperazine rings is 1. The van der Waals surface area contributed by atoms with Crippen LogP contribution < -0.4 is 9.80 Å². The molecule has 0 N–H and O–H groups in total. The highest BCUT2D eigenvalue weighted by atomic mass is 32.1. The second-order valence-corrected chi connectivity index (χ2v) is 10.3. The molecule has 4 rings (SSSR count). The summed E-state index contributed by atoms with van der Waals surface area (Å²) in [6.07, 6.45) is 3.73. The molecule has 0 atom stereocenters. The summed E-state index contributed by atoms with van der Waals surface area (Å²) < 4.78 is 0. The van der Waals surface area contributed by atoms with Crippen molar-refractivity contribution >= 4 is 46.2 Å². The van der Waals surface area contributed by atoms with E-state index in [2.05, 4.69) is 21.8 Å². The first-order chi connectivity index (χ1) is 17.1. The van der Waals surface area contributed by atoms with Gasteiger partial charge in [-0.1, -0.05) is 6.07 Å². The van der Waals surface area contributed by atoms with Gasteiger partial charge in [-0.05, 0) is 82.7 Å². The number of benzene rings is 1. The van der Waals surface area contributed by atoms with Crippen molar-refractivity contribution < 1.29 is 9.59 Å². The van der Waals surface area contributed by atoms with Crippen molar-refractivity contribution in [3.63, 3.8) is 0 Å². The first-order valence-corrected chi connectivity index (χ1v) is 12.6. The Hall–Kier alpha value is -3.35. The Bertz CT molecular complexity index is 1210. The molecule has 188 valence electrons. The van der Waals surface area contributed by atoms with Crippen LogP contribution in [0.4, 0.5) is 17.1 Å². The number of pyridine rings is 1. The quantitative estimate of drug-likeness (QED) is 0.439. The average Bonchev–Trinajstić information content (AvgIpc) is 3.03. The second-order valence-electron chi connectivity index (χ2n) is 9.95. The zero-order valence-electron chi connectivity index (χ0n) is 21.3. The largest absolute Gasteiger partial charge is 0.340 e. The summed E-state index contributed by atoms with van der Waals surface area (Å²) in [6.45, 7) is 16.3. The van der Waals surface area contributed by atoms with Crippen molar-refractivity contribution in [2.75, 3.05) is 43.0 Å². The second kappa shape index (κ2) is 10.3. The lowest BCUT2D eigenvalue weighted by Gasteiger charge is -2.32. The van der Waals surface area contributed by atoms with Crippen molar-refractivity contribution in [3.8, 4) is 0 Å². The van der Waals surface area contributed by atoms with E-state index in [-0.39, 0.29) is 11.8 Å². The molecule has 3 heterocycles. The molecular weight excluding hydrogens is 472 g/mol. The standard InChI is InChI=1S/C27H32N6O2S/c1-19-17-21(11-12-23(19)28-4)32-25(35)27(2,3)33(26(32)36)22-10-9-20(29-18-22)7-6-8-24(34)31-15-13-30(5)14-16-31/h9-12,17-18H,6-8,13-16H2,1-3,5H3. The Balaban J connectivity index is 1.42. The predicted molar refractivity (Wildman–Crippen MR) is 145 cm³/mol. The molecule has 2 amide bonds. The van der Waals surface area contributed by atoms with Crippen LogP contribution in [-0.4, -0.2) is 70.5 Å². The third-order valence-corrected chi connectivity index (χ3v) is 7.34. The van der Waals surface area contributed by atoms with Crippen LogP contribution in [0.3, 0.4) is 0 Å². The van der Waals surface area contributed by atoms with Gasteiger partial charge in [-0.2, -0.15) is 0 Å². The Morgan fingerprint density at radius 2 is 1.83 bits per heavy atom. The molecule has 0 unspecified atom stereocenters. The molecule has 2 aromatic rings. The molecule has 9 heteroatoms. The van der Waals surface area contributed by atoms with E-state index in [4.69, 9.17) is 18.8 Å². The number of hydrogen-bond acceptors (Lipinski definition) is 5. The van der Waals surface area contributed by atoms with E-state index >= 15 is 0 Å². The van der Waals surface area contributed by atoms with Gasteiger partial charge in [0.1, 0.15) is 5.54 Å². The summed E-state index contributed by atoms with van der Waals surface area (Å²) in [6, 6.07) is 9.17. The lowest BCUT2D eigenvalue weighted by Crippen LogP contribution is -2.47. The number of carbonyl (C=O) groups is 2. The number of nitrogens with zero attached hydrogens (tertiary/aromatic N) is 6. The van der Waals surface area contributed by atoms with Crippen LogP contribution in [0.15, 0.2) is 36.5 Å². The van der Waals surface area contributed by atoms with Crippen molar-refractivity contribution in [2.45, 2.75) is 45.6 Å². The maximum Gasteiger partial charge on any atom is 0.259 e. The number of hydrogen-bond donors (Lipinski definition) is 0. The van der Waals surface area contributed by atoms with Crippen LogP contribution in [0, 0.1) is 13.5 Å². The highest BCUT2D eigenvalue weighted by Crippen LogP contribution is 2.37. The van der Waals surface area contributed by atoms with Gasteiger partial charge in [0.2, 0.25) is 5.91 Å². The van der Waals surface area contributed by atoms with E-state index in [9.17, 15) is 9.59 Å². The van der Waals surface area contributed by atoms with Crippen LogP contribution in [0.5, 0.6) is 0 Å². The maximum atomic E-state index is 13.4. The van der Waals surface area contributed by atoms with Crippen molar-refractivity contribution in [1.82, 2.24) is 14.8 Å². The van der Waals surface area contributed by atoms with Crippen LogP contribution >= 0.6 is 12.2 Å². The van der Waals surface area contributed by atoms with Gasteiger partial charge in [0.05, 0.1) is 18.5 Å². The number of aromatic nitrogens is 1. The summed E-state index contributed by atoms with van der Waals surface area (Å²) in [5, 5.41) is 0.382. The van der Waals surface area contributed by atoms with E-state index in [0.29, 0.717) is 29.3 Å². The van der Waals surface area contributed by atoms with E-state index in [1.807, 2.05) is 48.8 Å². The number of aryl methyl sites for hydroxylation is 2. The molecular formula is C27H32N6O2S. The summed E-state index contributed by atoms with van der Waals surface area (Å²) in [7, 11) is 2.08. The van der Waals surface area contributed by atoms with Crippen molar-refractivity contribution in [3.05, 3.63) is 59.2 Å². The highest BCUT2D eigenvalue weighted by Gasteiger charge is 2.50. The number of thiocarbonyl (C=S) groups is 1. The zero-order chi connectivity index (χ0) is 26.0. The van der Waals surface area contributed by atoms with E-state index in [1.165, 1.54) is 4.90 Å². The first-order valence-electron chi connectivity index (χ1n) is 12.2. The third kappa shape index (κ3) is 4.97. The lowest BCUT2D eigenvalue weighted by molar-refractivity contribution is -0.132. The Kier molecular flexibility index (Phi) is 7.38. The molecule has 2 aliphatic heterocycles. The fourth-order valence-corrected chi connectivity index (χ4v) is 5.21. The van der Waals surface area contributed by atoms with Gasteiger partial charge < -0.3 is 14.7 Å². The molecule has 0 aliphatic carbocycles. The number of amides is 2. The van der Waals surface area contributed by atoms with E-state index < -0.39 is 5.54 Å². The number of likely N-dealkylation sites (N-methyl/N-ethyl adjacent to an activating group) is 1. The van der Waals surface area contributed by atoms with Gasteiger partial charge in [-0.25, -0.2) is 4.85 Å². The number of anilines is 2. The third-order valence-electron chi connectivity index (χ3n) is 6.97. The first kappa shape index (κ1) is 25.7. The number of rotatable bonds is 6. The van der Waals surface area contributed by atoms with Gasteiger partial charge in [-0.3, -0.25) is 19.5 Å². The molecule has 1 aromatic heterocycles. The molecule has 0 spiro atoms. The lowest BCUT2D eigenvalue weighted by atomic mass is 10.0. The Morgan fingerprint density at radius 3 is 2.44 bits per heavy atom. The number of carbonyl (C=O) groups excluding carboxylic acids is 2. The fourth-order valence-electron chi connectivity index (χ4n) is 4.69. The molecule has 0 saturated carbocycles. The smallest absolute Gasteiger partial charge is 0.259 e. The van der Waals surface area contributed by atoms with E-state index in [1.54, 1.807) is 18.3 Å². The average molecular weight is 505 g/mol. The van der Waals surface area contributed by atoms with Gasteiger partial charge in [0, 0.05) is 44.0 Å². The van der Waals surface area contributed by atoms with Crippen LogP contribution in [0.1, 0.15) is 37.9 Å². The highest BCUT2D eigenvalue weighted by molar-refractivity contribution is 7.81. The fraction of sp³-hybridized carbons (Fsp3) is 0.444. The zero-order valence-corrected chi connectivity index (χ0v) is 22.1. The predicted octanol–water partition coefficient (Wildman–Crippen LogP) is 3.95. The molecule has 2 fully saturated rings. The summed E-state index contributed by atoms with van der Waals surface area (Å²) in [4.78, 5) is 41.5. The summed E-state index contributed by atoms with van der Waals surface area (Å²) in [5.74, 6) is 0.0797. The van der Waals surface area contributed by atoms with Gasteiger partial charge in [0.25, 0.3) is 5.91 Å². The summed E-state index contributed by atoms with van der Waals surface area (Å²) >= 11 is 5.75.